The van der Waals surface area contributed by atoms with Gasteiger partial charge in [0.15, 0.2) is 12.1 Å². The van der Waals surface area contributed by atoms with Gasteiger partial charge >= 0.3 is 0 Å². The van der Waals surface area contributed by atoms with Gasteiger partial charge in [-0.3, -0.25) is 4.79 Å². The Morgan fingerprint density at radius 1 is 1.15 bits per heavy atom. The highest BCUT2D eigenvalue weighted by Crippen LogP contribution is 2.42. The van der Waals surface area contributed by atoms with E-state index in [0.717, 1.165) is 5.56 Å². The summed E-state index contributed by atoms with van der Waals surface area (Å²) in [5.41, 5.74) is 1.08. The van der Waals surface area contributed by atoms with E-state index in [2.05, 4.69) is 0 Å². The van der Waals surface area contributed by atoms with E-state index >= 15 is 0 Å². The lowest BCUT2D eigenvalue weighted by atomic mass is 10.0. The SMILES string of the molecule is CC1(C)OC2OC(C3CN4C(=O)CC4O3)C(OCc3ccccc3)C2O1. The monoisotopic (exact) mass is 361 g/mol. The summed E-state index contributed by atoms with van der Waals surface area (Å²) in [5.74, 6) is -0.574. The lowest BCUT2D eigenvalue weighted by molar-refractivity contribution is -0.232. The minimum Gasteiger partial charge on any atom is -0.368 e. The maximum absolute atomic E-state index is 11.7. The molecule has 0 aromatic heterocycles. The molecular weight excluding hydrogens is 338 g/mol. The number of benzene rings is 1. The second-order valence-electron chi connectivity index (χ2n) is 7.71. The first-order chi connectivity index (χ1) is 12.5. The van der Waals surface area contributed by atoms with Gasteiger partial charge in [0.2, 0.25) is 5.91 Å². The van der Waals surface area contributed by atoms with Crippen molar-refractivity contribution in [3.05, 3.63) is 35.9 Å². The van der Waals surface area contributed by atoms with Crippen LogP contribution in [0.15, 0.2) is 30.3 Å². The van der Waals surface area contributed by atoms with E-state index in [9.17, 15) is 4.79 Å². The lowest BCUT2D eigenvalue weighted by Gasteiger charge is -2.31. The number of ether oxygens (including phenoxy) is 5. The third-order valence-electron chi connectivity index (χ3n) is 5.40. The zero-order chi connectivity index (χ0) is 17.9. The summed E-state index contributed by atoms with van der Waals surface area (Å²) in [6, 6.07) is 9.99. The van der Waals surface area contributed by atoms with E-state index in [4.69, 9.17) is 23.7 Å². The van der Waals surface area contributed by atoms with Gasteiger partial charge in [-0.05, 0) is 19.4 Å². The standard InChI is InChI=1S/C19H23NO6/c1-19(2)25-17-16(22-10-11-6-4-3-5-7-11)15(24-18(17)26-19)12-9-20-13(21)8-14(20)23-12/h3-7,12,14-18H,8-10H2,1-2H3. The summed E-state index contributed by atoms with van der Waals surface area (Å²) in [6.07, 6.45) is -1.35. The number of amides is 1. The van der Waals surface area contributed by atoms with Crippen molar-refractivity contribution in [3.63, 3.8) is 0 Å². The summed E-state index contributed by atoms with van der Waals surface area (Å²) >= 11 is 0. The van der Waals surface area contributed by atoms with Crippen LogP contribution in [0.2, 0.25) is 0 Å². The molecule has 6 atom stereocenters. The van der Waals surface area contributed by atoms with Gasteiger partial charge in [-0.15, -0.1) is 0 Å². The normalized spacial score (nSPS) is 40.4. The Morgan fingerprint density at radius 3 is 2.69 bits per heavy atom. The third-order valence-corrected chi connectivity index (χ3v) is 5.40. The average molecular weight is 361 g/mol. The molecule has 4 aliphatic heterocycles. The third kappa shape index (κ3) is 2.75. The zero-order valence-corrected chi connectivity index (χ0v) is 14.9. The van der Waals surface area contributed by atoms with Crippen LogP contribution < -0.4 is 0 Å². The molecule has 26 heavy (non-hydrogen) atoms. The van der Waals surface area contributed by atoms with E-state index in [1.54, 1.807) is 4.90 Å². The van der Waals surface area contributed by atoms with Crippen molar-refractivity contribution in [1.29, 1.82) is 0 Å². The smallest absolute Gasteiger partial charge is 0.229 e. The molecule has 0 spiro atoms. The minimum atomic E-state index is -0.705. The first kappa shape index (κ1) is 16.6. The number of hydrogen-bond acceptors (Lipinski definition) is 6. The minimum absolute atomic E-state index is 0.121. The Hall–Kier alpha value is -1.51. The van der Waals surface area contributed by atoms with Crippen LogP contribution >= 0.6 is 0 Å². The van der Waals surface area contributed by atoms with Gasteiger partial charge in [-0.1, -0.05) is 30.3 Å². The van der Waals surface area contributed by atoms with Gasteiger partial charge in [0.1, 0.15) is 30.6 Å². The van der Waals surface area contributed by atoms with Crippen LogP contribution in [-0.2, 0) is 35.1 Å². The van der Waals surface area contributed by atoms with Crippen molar-refractivity contribution in [1.82, 2.24) is 4.90 Å². The number of carbonyl (C=O) groups excluding carboxylic acids is 1. The summed E-state index contributed by atoms with van der Waals surface area (Å²) in [7, 11) is 0. The molecule has 4 heterocycles. The molecule has 1 amide bonds. The molecule has 1 aromatic rings. The number of nitrogens with zero attached hydrogens (tertiary/aromatic N) is 1. The van der Waals surface area contributed by atoms with Crippen LogP contribution in [0.5, 0.6) is 0 Å². The van der Waals surface area contributed by atoms with E-state index in [1.807, 2.05) is 44.2 Å². The molecule has 0 radical (unpaired) electrons. The van der Waals surface area contributed by atoms with Gasteiger partial charge in [0.05, 0.1) is 19.6 Å². The van der Waals surface area contributed by atoms with Gasteiger partial charge < -0.3 is 28.6 Å². The first-order valence-electron chi connectivity index (χ1n) is 9.12. The van der Waals surface area contributed by atoms with Crippen LogP contribution in [0.1, 0.15) is 25.8 Å². The molecule has 0 bridgehead atoms. The molecule has 7 heteroatoms. The number of β-lactam (4-membered cyclic amide) rings is 1. The van der Waals surface area contributed by atoms with Crippen LogP contribution in [0, 0.1) is 0 Å². The maximum atomic E-state index is 11.7. The van der Waals surface area contributed by atoms with Crippen molar-refractivity contribution in [2.45, 2.75) is 69.6 Å². The topological polar surface area (TPSA) is 66.5 Å². The Bertz CT molecular complexity index is 695. The largest absolute Gasteiger partial charge is 0.368 e. The summed E-state index contributed by atoms with van der Waals surface area (Å²) < 4.78 is 30.3. The molecule has 6 unspecified atom stereocenters. The number of rotatable bonds is 4. The molecule has 0 aliphatic carbocycles. The highest BCUT2D eigenvalue weighted by Gasteiger charge is 2.60. The van der Waals surface area contributed by atoms with Gasteiger partial charge in [0.25, 0.3) is 0 Å². The Labute approximate surface area is 152 Å². The lowest BCUT2D eigenvalue weighted by Crippen LogP contribution is -2.49. The number of carbonyl (C=O) groups is 1. The van der Waals surface area contributed by atoms with Crippen molar-refractivity contribution >= 4 is 5.91 Å². The number of fused-ring (bicyclic) bond motifs is 2. The van der Waals surface area contributed by atoms with Crippen molar-refractivity contribution in [2.75, 3.05) is 6.54 Å². The Morgan fingerprint density at radius 2 is 1.96 bits per heavy atom. The summed E-state index contributed by atoms with van der Waals surface area (Å²) in [6.45, 7) is 4.72. The maximum Gasteiger partial charge on any atom is 0.229 e. The second kappa shape index (κ2) is 6.00. The zero-order valence-electron chi connectivity index (χ0n) is 14.9. The first-order valence-corrected chi connectivity index (χ1v) is 9.12. The summed E-state index contributed by atoms with van der Waals surface area (Å²) in [4.78, 5) is 13.4. The molecule has 0 saturated carbocycles. The Kier molecular flexibility index (Phi) is 3.84. The fraction of sp³-hybridized carbons (Fsp3) is 0.632. The Balaban J connectivity index is 1.33. The highest BCUT2D eigenvalue weighted by molar-refractivity contribution is 5.83. The van der Waals surface area contributed by atoms with E-state index < -0.39 is 12.1 Å². The fourth-order valence-electron chi connectivity index (χ4n) is 4.15. The van der Waals surface area contributed by atoms with Gasteiger partial charge in [-0.25, -0.2) is 0 Å². The molecule has 4 fully saturated rings. The molecule has 140 valence electrons. The van der Waals surface area contributed by atoms with Crippen LogP contribution in [0.4, 0.5) is 0 Å². The van der Waals surface area contributed by atoms with Crippen molar-refractivity contribution < 1.29 is 28.5 Å². The van der Waals surface area contributed by atoms with Crippen molar-refractivity contribution in [3.8, 4) is 0 Å². The second-order valence-corrected chi connectivity index (χ2v) is 7.71. The molecule has 7 nitrogen and oxygen atoms in total. The molecule has 1 aromatic carbocycles. The molecule has 5 rings (SSSR count). The van der Waals surface area contributed by atoms with E-state index in [1.165, 1.54) is 0 Å². The predicted molar refractivity (Wildman–Crippen MR) is 88.7 cm³/mol. The number of hydrogen-bond donors (Lipinski definition) is 0. The van der Waals surface area contributed by atoms with E-state index in [0.29, 0.717) is 19.6 Å². The molecular formula is C19H23NO6. The molecule has 4 aliphatic rings. The predicted octanol–water partition coefficient (Wildman–Crippen LogP) is 1.41. The van der Waals surface area contributed by atoms with Gasteiger partial charge in [0, 0.05) is 0 Å². The molecule has 0 N–H and O–H groups in total. The fourth-order valence-corrected chi connectivity index (χ4v) is 4.15. The quantitative estimate of drug-likeness (QED) is 0.756. The van der Waals surface area contributed by atoms with Crippen LogP contribution in [0.25, 0.3) is 0 Å². The van der Waals surface area contributed by atoms with E-state index in [-0.39, 0.29) is 36.6 Å². The summed E-state index contributed by atoms with van der Waals surface area (Å²) in [5, 5.41) is 0. The van der Waals surface area contributed by atoms with Crippen LogP contribution in [-0.4, -0.2) is 60.1 Å². The average Bonchev–Trinajstić information content (AvgIpc) is 3.21. The van der Waals surface area contributed by atoms with Crippen molar-refractivity contribution in [2.24, 2.45) is 0 Å². The van der Waals surface area contributed by atoms with Crippen LogP contribution in [0.3, 0.4) is 0 Å². The highest BCUT2D eigenvalue weighted by atomic mass is 16.8. The van der Waals surface area contributed by atoms with Gasteiger partial charge in [-0.2, -0.15) is 0 Å². The molecule has 4 saturated heterocycles.